The van der Waals surface area contributed by atoms with Crippen LogP contribution in [0.4, 0.5) is 0 Å². The fourth-order valence-electron chi connectivity index (χ4n) is 1.86. The molecular formula is C15H19NO2. The highest BCUT2D eigenvalue weighted by Gasteiger charge is 2.11. The lowest BCUT2D eigenvalue weighted by atomic mass is 10.2. The van der Waals surface area contributed by atoms with Gasteiger partial charge in [0.25, 0.3) is 0 Å². The summed E-state index contributed by atoms with van der Waals surface area (Å²) in [5.41, 5.74) is 0. The molecule has 0 radical (unpaired) electrons. The van der Waals surface area contributed by atoms with Crippen molar-refractivity contribution < 1.29 is 9.15 Å². The summed E-state index contributed by atoms with van der Waals surface area (Å²) in [4.78, 5) is 0. The van der Waals surface area contributed by atoms with Crippen molar-refractivity contribution in [1.82, 2.24) is 5.32 Å². The van der Waals surface area contributed by atoms with Gasteiger partial charge in [0.2, 0.25) is 0 Å². The zero-order chi connectivity index (χ0) is 12.6. The molecule has 2 rings (SSSR count). The third kappa shape index (κ3) is 3.93. The summed E-state index contributed by atoms with van der Waals surface area (Å²) >= 11 is 0. The van der Waals surface area contributed by atoms with Gasteiger partial charge < -0.3 is 14.5 Å². The molecule has 1 heterocycles. The molecule has 1 aromatic heterocycles. The molecule has 0 amide bonds. The summed E-state index contributed by atoms with van der Waals surface area (Å²) in [6, 6.07) is 14.0. The van der Waals surface area contributed by atoms with Crippen LogP contribution in [-0.2, 0) is 6.42 Å². The van der Waals surface area contributed by atoms with Crippen molar-refractivity contribution >= 4 is 0 Å². The van der Waals surface area contributed by atoms with Crippen molar-refractivity contribution in [3.63, 3.8) is 0 Å². The first-order valence-electron chi connectivity index (χ1n) is 6.32. The molecule has 0 saturated carbocycles. The number of rotatable bonds is 7. The lowest BCUT2D eigenvalue weighted by Gasteiger charge is -2.17. The minimum Gasteiger partial charge on any atom is -0.492 e. The number of hydrogen-bond acceptors (Lipinski definition) is 3. The van der Waals surface area contributed by atoms with Gasteiger partial charge in [0.15, 0.2) is 0 Å². The Morgan fingerprint density at radius 2 is 2.00 bits per heavy atom. The van der Waals surface area contributed by atoms with Crippen LogP contribution in [0.15, 0.2) is 53.1 Å². The van der Waals surface area contributed by atoms with E-state index in [0.717, 1.165) is 24.5 Å². The Kier molecular flexibility index (Phi) is 4.85. The minimum atomic E-state index is 0.265. The molecule has 2 aromatic rings. The van der Waals surface area contributed by atoms with E-state index in [-0.39, 0.29) is 6.04 Å². The Labute approximate surface area is 108 Å². The van der Waals surface area contributed by atoms with Gasteiger partial charge >= 0.3 is 0 Å². The maximum atomic E-state index is 5.77. The van der Waals surface area contributed by atoms with Crippen molar-refractivity contribution in [1.29, 1.82) is 0 Å². The third-order valence-corrected chi connectivity index (χ3v) is 2.71. The molecule has 0 aliphatic heterocycles. The first-order chi connectivity index (χ1) is 8.88. The first kappa shape index (κ1) is 12.7. The van der Waals surface area contributed by atoms with Crippen molar-refractivity contribution in [3.05, 3.63) is 54.5 Å². The van der Waals surface area contributed by atoms with Crippen molar-refractivity contribution in [2.45, 2.75) is 19.4 Å². The fourth-order valence-corrected chi connectivity index (χ4v) is 1.86. The monoisotopic (exact) mass is 245 g/mol. The predicted molar refractivity (Wildman–Crippen MR) is 71.8 cm³/mol. The average Bonchev–Trinajstić information content (AvgIpc) is 2.90. The predicted octanol–water partition coefficient (Wildman–Crippen LogP) is 2.88. The fraction of sp³-hybridized carbons (Fsp3) is 0.333. The van der Waals surface area contributed by atoms with E-state index in [2.05, 4.69) is 12.2 Å². The molecule has 96 valence electrons. The number of benzene rings is 1. The second-order valence-corrected chi connectivity index (χ2v) is 4.16. The lowest BCUT2D eigenvalue weighted by Crippen LogP contribution is -2.36. The standard InChI is InChI=1S/C15H19NO2/c1-2-16-13(11-15-9-6-10-17-15)12-18-14-7-4-3-5-8-14/h3-10,13,16H,2,11-12H2,1H3. The molecule has 0 aliphatic rings. The molecule has 1 aromatic carbocycles. The molecule has 3 nitrogen and oxygen atoms in total. The molecule has 1 N–H and O–H groups in total. The van der Waals surface area contributed by atoms with E-state index in [1.165, 1.54) is 0 Å². The van der Waals surface area contributed by atoms with Gasteiger partial charge in [0, 0.05) is 12.5 Å². The van der Waals surface area contributed by atoms with Gasteiger partial charge in [-0.05, 0) is 30.8 Å². The van der Waals surface area contributed by atoms with Crippen LogP contribution in [-0.4, -0.2) is 19.2 Å². The van der Waals surface area contributed by atoms with Crippen LogP contribution in [0, 0.1) is 0 Å². The molecule has 3 heteroatoms. The molecule has 0 bridgehead atoms. The number of likely N-dealkylation sites (N-methyl/N-ethyl adjacent to an activating group) is 1. The second kappa shape index (κ2) is 6.87. The molecule has 18 heavy (non-hydrogen) atoms. The van der Waals surface area contributed by atoms with E-state index in [4.69, 9.17) is 9.15 Å². The Morgan fingerprint density at radius 3 is 2.67 bits per heavy atom. The molecule has 1 unspecified atom stereocenters. The third-order valence-electron chi connectivity index (χ3n) is 2.71. The van der Waals surface area contributed by atoms with Crippen molar-refractivity contribution in [2.75, 3.05) is 13.2 Å². The van der Waals surface area contributed by atoms with Gasteiger partial charge in [-0.1, -0.05) is 25.1 Å². The lowest BCUT2D eigenvalue weighted by molar-refractivity contribution is 0.258. The van der Waals surface area contributed by atoms with Crippen LogP contribution >= 0.6 is 0 Å². The largest absolute Gasteiger partial charge is 0.492 e. The molecular weight excluding hydrogens is 226 g/mol. The minimum absolute atomic E-state index is 0.265. The van der Waals surface area contributed by atoms with Gasteiger partial charge in [-0.3, -0.25) is 0 Å². The van der Waals surface area contributed by atoms with E-state index in [1.54, 1.807) is 6.26 Å². The summed E-state index contributed by atoms with van der Waals surface area (Å²) in [5, 5.41) is 3.41. The van der Waals surface area contributed by atoms with E-state index >= 15 is 0 Å². The SMILES string of the molecule is CCNC(COc1ccccc1)Cc1ccco1. The van der Waals surface area contributed by atoms with Crippen LogP contribution in [0.5, 0.6) is 5.75 Å². The Bertz CT molecular complexity index is 425. The number of ether oxygens (including phenoxy) is 1. The van der Waals surface area contributed by atoms with Crippen molar-refractivity contribution in [2.24, 2.45) is 0 Å². The summed E-state index contributed by atoms with van der Waals surface area (Å²) < 4.78 is 11.1. The highest BCUT2D eigenvalue weighted by Crippen LogP contribution is 2.10. The van der Waals surface area contributed by atoms with Gasteiger partial charge in [0.05, 0.1) is 6.26 Å². The molecule has 0 spiro atoms. The molecule has 1 atom stereocenters. The Morgan fingerprint density at radius 1 is 1.17 bits per heavy atom. The highest BCUT2D eigenvalue weighted by molar-refractivity contribution is 5.21. The number of para-hydroxylation sites is 1. The van der Waals surface area contributed by atoms with Crippen LogP contribution in [0.2, 0.25) is 0 Å². The zero-order valence-electron chi connectivity index (χ0n) is 10.6. The summed E-state index contributed by atoms with van der Waals surface area (Å²) in [5.74, 6) is 1.89. The summed E-state index contributed by atoms with van der Waals surface area (Å²) in [6.07, 6.45) is 2.55. The van der Waals surface area contributed by atoms with E-state index in [1.807, 2.05) is 42.5 Å². The normalized spacial score (nSPS) is 12.3. The van der Waals surface area contributed by atoms with E-state index in [9.17, 15) is 0 Å². The van der Waals surface area contributed by atoms with E-state index in [0.29, 0.717) is 6.61 Å². The van der Waals surface area contributed by atoms with E-state index < -0.39 is 0 Å². The van der Waals surface area contributed by atoms with Gasteiger partial charge in [-0.15, -0.1) is 0 Å². The van der Waals surface area contributed by atoms with Crippen LogP contribution < -0.4 is 10.1 Å². The summed E-state index contributed by atoms with van der Waals surface area (Å²) in [7, 11) is 0. The van der Waals surface area contributed by atoms with Crippen LogP contribution in [0.3, 0.4) is 0 Å². The number of nitrogens with one attached hydrogen (secondary N) is 1. The van der Waals surface area contributed by atoms with Gasteiger partial charge in [-0.2, -0.15) is 0 Å². The van der Waals surface area contributed by atoms with Crippen LogP contribution in [0.25, 0.3) is 0 Å². The zero-order valence-corrected chi connectivity index (χ0v) is 10.6. The van der Waals surface area contributed by atoms with Gasteiger partial charge in [-0.25, -0.2) is 0 Å². The maximum Gasteiger partial charge on any atom is 0.119 e. The van der Waals surface area contributed by atoms with Crippen molar-refractivity contribution in [3.8, 4) is 5.75 Å². The molecule has 0 saturated heterocycles. The smallest absolute Gasteiger partial charge is 0.119 e. The average molecular weight is 245 g/mol. The quantitative estimate of drug-likeness (QED) is 0.814. The topological polar surface area (TPSA) is 34.4 Å². The van der Waals surface area contributed by atoms with Crippen LogP contribution in [0.1, 0.15) is 12.7 Å². The number of furan rings is 1. The Hall–Kier alpha value is -1.74. The molecule has 0 aliphatic carbocycles. The van der Waals surface area contributed by atoms with Gasteiger partial charge in [0.1, 0.15) is 18.1 Å². The first-order valence-corrected chi connectivity index (χ1v) is 6.32. The highest BCUT2D eigenvalue weighted by atomic mass is 16.5. The maximum absolute atomic E-state index is 5.77. The number of hydrogen-bond donors (Lipinski definition) is 1. The Balaban J connectivity index is 1.86. The summed E-state index contributed by atoms with van der Waals surface area (Å²) in [6.45, 7) is 3.65. The second-order valence-electron chi connectivity index (χ2n) is 4.16. The molecule has 0 fully saturated rings.